The van der Waals surface area contributed by atoms with E-state index in [2.05, 4.69) is 9.97 Å². The Bertz CT molecular complexity index is 1490. The molecule has 9 heteroatoms. The maximum Gasteiger partial charge on any atom is 0.267 e. The number of nitrogens with one attached hydrogen (secondary N) is 1. The van der Waals surface area contributed by atoms with Crippen molar-refractivity contribution in [3.63, 3.8) is 0 Å². The van der Waals surface area contributed by atoms with Crippen molar-refractivity contribution in [2.45, 2.75) is 30.3 Å². The average Bonchev–Trinajstić information content (AvgIpc) is 3.42. The van der Waals surface area contributed by atoms with Crippen LogP contribution >= 0.6 is 23.5 Å². The van der Waals surface area contributed by atoms with Crippen LogP contribution in [0.25, 0.3) is 6.08 Å². The van der Waals surface area contributed by atoms with Gasteiger partial charge in [-0.1, -0.05) is 60.7 Å². The number of aliphatic imine (C=N–C) groups is 1. The number of amides is 1. The van der Waals surface area contributed by atoms with E-state index in [4.69, 9.17) is 9.41 Å². The largest absolute Gasteiger partial charge is 0.450 e. The first kappa shape index (κ1) is 23.9. The van der Waals surface area contributed by atoms with Gasteiger partial charge in [-0.15, -0.1) is 0 Å². The molecule has 4 aromatic rings. The summed E-state index contributed by atoms with van der Waals surface area (Å²) in [6, 6.07) is 24.8. The number of carbonyl (C=O) groups excluding carboxylic acids is 1. The molecule has 3 heterocycles. The van der Waals surface area contributed by atoms with Gasteiger partial charge in [-0.25, -0.2) is 4.98 Å². The minimum absolute atomic E-state index is 0.119. The third kappa shape index (κ3) is 5.87. The van der Waals surface area contributed by atoms with Crippen molar-refractivity contribution in [1.82, 2.24) is 14.9 Å². The van der Waals surface area contributed by atoms with Gasteiger partial charge in [0.25, 0.3) is 11.5 Å². The molecule has 0 bridgehead atoms. The van der Waals surface area contributed by atoms with Gasteiger partial charge >= 0.3 is 0 Å². The predicted octanol–water partition coefficient (Wildman–Crippen LogP) is 5.50. The van der Waals surface area contributed by atoms with E-state index >= 15 is 0 Å². The van der Waals surface area contributed by atoms with E-state index in [9.17, 15) is 9.59 Å². The molecule has 0 atom stereocenters. The zero-order valence-electron chi connectivity index (χ0n) is 19.4. The third-order valence-electron chi connectivity index (χ3n) is 5.23. The molecule has 1 amide bonds. The summed E-state index contributed by atoms with van der Waals surface area (Å²) in [5.41, 5.74) is 2.51. The Kier molecular flexibility index (Phi) is 7.20. The number of thioether (sulfide) groups is 1. The number of aryl methyl sites for hydroxylation is 1. The summed E-state index contributed by atoms with van der Waals surface area (Å²) in [5.74, 6) is 0.415. The number of carbonyl (C=O) groups is 1. The van der Waals surface area contributed by atoms with Crippen molar-refractivity contribution in [3.05, 3.63) is 117 Å². The SMILES string of the molecule is Cc1cc(=O)[nH]c(Sc2ccc(/C=C3/SC(=NCc4ccccc4)N(Cc4ccccc4)C3=O)o2)n1. The predicted molar refractivity (Wildman–Crippen MR) is 143 cm³/mol. The lowest BCUT2D eigenvalue weighted by atomic mass is 10.2. The minimum Gasteiger partial charge on any atom is -0.450 e. The highest BCUT2D eigenvalue weighted by Gasteiger charge is 2.33. The number of H-pyrrole nitrogens is 1. The first-order valence-electron chi connectivity index (χ1n) is 11.2. The van der Waals surface area contributed by atoms with Gasteiger partial charge in [-0.2, -0.15) is 0 Å². The van der Waals surface area contributed by atoms with E-state index in [-0.39, 0.29) is 11.5 Å². The van der Waals surface area contributed by atoms with E-state index in [1.165, 1.54) is 29.6 Å². The molecule has 0 radical (unpaired) electrons. The number of hydrogen-bond acceptors (Lipinski definition) is 7. The average molecular weight is 515 g/mol. The van der Waals surface area contributed by atoms with Gasteiger partial charge in [0.1, 0.15) is 5.76 Å². The molecule has 0 spiro atoms. The highest BCUT2D eigenvalue weighted by atomic mass is 32.2. The first-order chi connectivity index (χ1) is 17.5. The number of rotatable bonds is 7. The van der Waals surface area contributed by atoms with Crippen LogP contribution < -0.4 is 5.56 Å². The molecule has 1 N–H and O–H groups in total. The smallest absolute Gasteiger partial charge is 0.267 e. The fourth-order valence-electron chi connectivity index (χ4n) is 3.56. The van der Waals surface area contributed by atoms with E-state index in [1.54, 1.807) is 30.0 Å². The monoisotopic (exact) mass is 514 g/mol. The maximum absolute atomic E-state index is 13.4. The van der Waals surface area contributed by atoms with Gasteiger partial charge in [0, 0.05) is 17.8 Å². The Hall–Kier alpha value is -3.82. The van der Waals surface area contributed by atoms with Crippen molar-refractivity contribution in [2.24, 2.45) is 4.99 Å². The van der Waals surface area contributed by atoms with Crippen LogP contribution in [0, 0.1) is 6.92 Å². The summed E-state index contributed by atoms with van der Waals surface area (Å²) in [6.07, 6.45) is 1.73. The number of furan rings is 1. The van der Waals surface area contributed by atoms with Crippen LogP contribution in [0.15, 0.2) is 108 Å². The van der Waals surface area contributed by atoms with Crippen molar-refractivity contribution < 1.29 is 9.21 Å². The normalized spacial score (nSPS) is 15.8. The van der Waals surface area contributed by atoms with Gasteiger partial charge in [0.05, 0.1) is 18.0 Å². The lowest BCUT2D eigenvalue weighted by Crippen LogP contribution is -2.28. The Morgan fingerprint density at radius 2 is 1.75 bits per heavy atom. The summed E-state index contributed by atoms with van der Waals surface area (Å²) in [6.45, 7) is 2.68. The van der Waals surface area contributed by atoms with Crippen LogP contribution in [0.3, 0.4) is 0 Å². The van der Waals surface area contributed by atoms with E-state index in [0.29, 0.717) is 44.9 Å². The number of benzene rings is 2. The second kappa shape index (κ2) is 10.8. The molecule has 5 rings (SSSR count). The lowest BCUT2D eigenvalue weighted by Gasteiger charge is -2.15. The fraction of sp³-hybridized carbons (Fsp3) is 0.111. The van der Waals surface area contributed by atoms with Crippen molar-refractivity contribution in [3.8, 4) is 0 Å². The van der Waals surface area contributed by atoms with Crippen LogP contribution in [0.1, 0.15) is 22.6 Å². The molecular weight excluding hydrogens is 492 g/mol. The van der Waals surface area contributed by atoms with Crippen LogP contribution in [-0.2, 0) is 17.9 Å². The molecule has 0 unspecified atom stereocenters. The van der Waals surface area contributed by atoms with E-state index < -0.39 is 0 Å². The van der Waals surface area contributed by atoms with Gasteiger partial charge in [0.2, 0.25) is 0 Å². The Morgan fingerprint density at radius 1 is 1.03 bits per heavy atom. The molecule has 1 aliphatic heterocycles. The third-order valence-corrected chi connectivity index (χ3v) is 7.08. The Morgan fingerprint density at radius 3 is 2.47 bits per heavy atom. The number of aromatic nitrogens is 2. The molecule has 2 aromatic carbocycles. The summed E-state index contributed by atoms with van der Waals surface area (Å²) < 4.78 is 5.90. The Labute approximate surface area is 216 Å². The van der Waals surface area contributed by atoms with Crippen LogP contribution in [0.4, 0.5) is 0 Å². The highest BCUT2D eigenvalue weighted by molar-refractivity contribution is 8.18. The molecule has 36 heavy (non-hydrogen) atoms. The molecule has 180 valence electrons. The Balaban J connectivity index is 1.38. The maximum atomic E-state index is 13.4. The zero-order chi connectivity index (χ0) is 24.9. The standard InChI is InChI=1S/C27H22N4O3S2/c1-18-14-23(32)30-26(29-18)36-24-13-12-21(34-24)15-22-25(33)31(17-20-10-6-3-7-11-20)27(35-22)28-16-19-8-4-2-5-9-19/h2-15H,16-17H2,1H3,(H,29,30,32)/b22-15+,28-27?. The number of amidine groups is 1. The van der Waals surface area contributed by atoms with Crippen molar-refractivity contribution in [2.75, 3.05) is 0 Å². The second-order valence-electron chi connectivity index (χ2n) is 8.02. The number of hydrogen-bond donors (Lipinski definition) is 1. The molecular formula is C27H22N4O3S2. The van der Waals surface area contributed by atoms with Gasteiger partial charge in [-0.05, 0) is 53.7 Å². The molecule has 1 aliphatic rings. The summed E-state index contributed by atoms with van der Waals surface area (Å²) in [5, 5.41) is 1.66. The minimum atomic E-state index is -0.215. The second-order valence-corrected chi connectivity index (χ2v) is 10.0. The molecule has 0 saturated carbocycles. The summed E-state index contributed by atoms with van der Waals surface area (Å²) >= 11 is 2.55. The number of nitrogens with zero attached hydrogens (tertiary/aromatic N) is 3. The van der Waals surface area contributed by atoms with Crippen LogP contribution in [0.5, 0.6) is 0 Å². The lowest BCUT2D eigenvalue weighted by molar-refractivity contribution is -0.122. The van der Waals surface area contributed by atoms with Crippen LogP contribution in [-0.4, -0.2) is 25.9 Å². The van der Waals surface area contributed by atoms with Crippen LogP contribution in [0.2, 0.25) is 0 Å². The molecule has 7 nitrogen and oxygen atoms in total. The van der Waals surface area contributed by atoms with Gasteiger partial charge in [0.15, 0.2) is 15.4 Å². The molecule has 1 fully saturated rings. The van der Waals surface area contributed by atoms with E-state index in [1.807, 2.05) is 60.7 Å². The molecule has 2 aromatic heterocycles. The highest BCUT2D eigenvalue weighted by Crippen LogP contribution is 2.35. The van der Waals surface area contributed by atoms with Crippen molar-refractivity contribution in [1.29, 1.82) is 0 Å². The topological polar surface area (TPSA) is 91.6 Å². The quantitative estimate of drug-likeness (QED) is 0.259. The summed E-state index contributed by atoms with van der Waals surface area (Å²) in [7, 11) is 0. The van der Waals surface area contributed by atoms with E-state index in [0.717, 1.165) is 11.1 Å². The van der Waals surface area contributed by atoms with Crippen molar-refractivity contribution >= 4 is 40.7 Å². The summed E-state index contributed by atoms with van der Waals surface area (Å²) in [4.78, 5) is 39.1. The number of aromatic amines is 1. The van der Waals surface area contributed by atoms with Gasteiger partial charge < -0.3 is 9.40 Å². The molecule has 0 aliphatic carbocycles. The fourth-order valence-corrected chi connectivity index (χ4v) is 5.33. The molecule has 1 saturated heterocycles. The zero-order valence-corrected chi connectivity index (χ0v) is 21.0. The van der Waals surface area contributed by atoms with Gasteiger partial charge in [-0.3, -0.25) is 19.5 Å². The first-order valence-corrected chi connectivity index (χ1v) is 12.9.